The van der Waals surface area contributed by atoms with E-state index in [1.807, 2.05) is 18.2 Å². The lowest BCUT2D eigenvalue weighted by atomic mass is 10.00. The Kier molecular flexibility index (Phi) is 8.82. The highest BCUT2D eigenvalue weighted by Gasteiger charge is 2.41. The number of para-hydroxylation sites is 1. The number of fused-ring (bicyclic) bond motifs is 14. The van der Waals surface area contributed by atoms with Gasteiger partial charge in [-0.1, -0.05) is 188 Å². The summed E-state index contributed by atoms with van der Waals surface area (Å²) in [7, 11) is -2.74. The summed E-state index contributed by atoms with van der Waals surface area (Å²) < 4.78 is 2.30. The van der Waals surface area contributed by atoms with Crippen LogP contribution in [0.4, 0.5) is 0 Å². The minimum absolute atomic E-state index is 0.602. The van der Waals surface area contributed by atoms with E-state index in [1.165, 1.54) is 20.7 Å². The van der Waals surface area contributed by atoms with E-state index in [-0.39, 0.29) is 0 Å². The van der Waals surface area contributed by atoms with Crippen LogP contribution in [0.25, 0.3) is 82.5 Å². The lowest BCUT2D eigenvalue weighted by Crippen LogP contribution is -2.74. The second-order valence-corrected chi connectivity index (χ2v) is 20.1. The van der Waals surface area contributed by atoms with Gasteiger partial charge in [-0.05, 0) is 73.3 Å². The smallest absolute Gasteiger partial charge is 0.179 e. The Morgan fingerprint density at radius 1 is 0.391 bits per heavy atom. The SMILES string of the molecule is N#Cc1ccc2c3cc4cc(c5ccccc5c5nc(-c6ccc([Si](c7ccccc7)(c7ccccc7)c7ccccc7)cc6)nc(n5)c5ccccc45)c3n(-c3ccccc3)c2c1. The molecule has 298 valence electrons. The summed E-state index contributed by atoms with van der Waals surface area (Å²) in [4.78, 5) is 15.9. The normalized spacial score (nSPS) is 11.7. The van der Waals surface area contributed by atoms with Crippen LogP contribution >= 0.6 is 0 Å². The second kappa shape index (κ2) is 15.1. The Morgan fingerprint density at radius 3 is 1.42 bits per heavy atom. The topological polar surface area (TPSA) is 67.4 Å². The van der Waals surface area contributed by atoms with Gasteiger partial charge in [0.15, 0.2) is 25.2 Å². The Morgan fingerprint density at radius 2 is 0.859 bits per heavy atom. The van der Waals surface area contributed by atoms with Crippen LogP contribution in [-0.2, 0) is 0 Å². The summed E-state index contributed by atoms with van der Waals surface area (Å²) in [6.07, 6.45) is 0. The third kappa shape index (κ3) is 5.87. The van der Waals surface area contributed by atoms with Gasteiger partial charge in [0.25, 0.3) is 0 Å². The summed E-state index contributed by atoms with van der Waals surface area (Å²) >= 11 is 0. The molecule has 12 rings (SSSR count). The predicted octanol–water partition coefficient (Wildman–Crippen LogP) is 11.1. The van der Waals surface area contributed by atoms with E-state index in [0.717, 1.165) is 65.4 Å². The molecule has 0 amide bonds. The van der Waals surface area contributed by atoms with Crippen molar-refractivity contribution in [1.82, 2.24) is 19.5 Å². The molecule has 4 bridgehead atoms. The third-order valence-electron chi connectivity index (χ3n) is 12.8. The van der Waals surface area contributed by atoms with Gasteiger partial charge in [-0.15, -0.1) is 0 Å². The van der Waals surface area contributed by atoms with E-state index in [2.05, 4.69) is 217 Å². The van der Waals surface area contributed by atoms with Crippen LogP contribution in [-0.4, -0.2) is 27.6 Å². The lowest BCUT2D eigenvalue weighted by Gasteiger charge is -2.34. The fourth-order valence-corrected chi connectivity index (χ4v) is 14.7. The Balaban J connectivity index is 1.16. The molecule has 0 atom stereocenters. The van der Waals surface area contributed by atoms with Crippen molar-refractivity contribution in [1.29, 1.82) is 5.26 Å². The molecule has 0 aliphatic heterocycles. The van der Waals surface area contributed by atoms with Crippen molar-refractivity contribution in [2.75, 3.05) is 0 Å². The second-order valence-electron chi connectivity index (χ2n) is 16.3. The molecule has 0 saturated heterocycles. The first-order valence-electron chi connectivity index (χ1n) is 21.5. The molecule has 0 unspecified atom stereocenters. The fourth-order valence-electron chi connectivity index (χ4n) is 9.94. The van der Waals surface area contributed by atoms with Gasteiger partial charge in [-0.3, -0.25) is 0 Å². The molecule has 0 fully saturated rings. The molecule has 0 spiro atoms. The monoisotopic (exact) mass is 831 g/mol. The summed E-state index contributed by atoms with van der Waals surface area (Å²) in [6, 6.07) is 82.2. The van der Waals surface area contributed by atoms with E-state index in [1.54, 1.807) is 0 Å². The molecular formula is C58H37N5Si. The van der Waals surface area contributed by atoms with Crippen LogP contribution in [0.5, 0.6) is 0 Å². The first-order valence-corrected chi connectivity index (χ1v) is 23.5. The molecule has 0 aliphatic carbocycles. The summed E-state index contributed by atoms with van der Waals surface area (Å²) in [5.41, 5.74) is 5.79. The molecule has 9 aromatic carbocycles. The first-order chi connectivity index (χ1) is 31.7. The molecule has 0 N–H and O–H groups in total. The zero-order chi connectivity index (χ0) is 42.6. The van der Waals surface area contributed by atoms with Crippen LogP contribution in [0.1, 0.15) is 5.56 Å². The van der Waals surface area contributed by atoms with Crippen molar-refractivity contribution >= 4 is 94.2 Å². The molecule has 64 heavy (non-hydrogen) atoms. The van der Waals surface area contributed by atoms with Crippen LogP contribution in [0.15, 0.2) is 224 Å². The molecule has 12 aromatic rings. The Bertz CT molecular complexity index is 3730. The molecule has 5 nitrogen and oxygen atoms in total. The first kappa shape index (κ1) is 37.3. The average molecular weight is 832 g/mol. The van der Waals surface area contributed by atoms with Crippen LogP contribution in [0.2, 0.25) is 0 Å². The maximum atomic E-state index is 10.1. The van der Waals surface area contributed by atoms with Crippen molar-refractivity contribution in [2.45, 2.75) is 0 Å². The van der Waals surface area contributed by atoms with E-state index >= 15 is 0 Å². The summed E-state index contributed by atoms with van der Waals surface area (Å²) in [6.45, 7) is 0. The van der Waals surface area contributed by atoms with E-state index in [4.69, 9.17) is 15.0 Å². The molecule has 0 radical (unpaired) electrons. The standard InChI is InChI=1S/C58H37N5Si/c59-38-39-29-34-49-53-37-41-36-52(55(53)63(54(49)35-39)42-17-5-1-6-18-42)48-26-14-16-28-51(48)58-61-56(60-57(62-58)50-27-15-13-25-47(41)50)40-30-32-46(33-31-40)64(43-19-7-2-8-20-43,44-21-9-3-10-22-44)45-23-11-4-12-24-45/h1-37H. The van der Waals surface area contributed by atoms with Crippen molar-refractivity contribution in [2.24, 2.45) is 0 Å². The largest absolute Gasteiger partial charge is 0.309 e. The summed E-state index contributed by atoms with van der Waals surface area (Å²) in [5.74, 6) is 0.611. The number of aromatic nitrogens is 4. The average Bonchev–Trinajstić information content (AvgIpc) is 3.71. The van der Waals surface area contributed by atoms with Gasteiger partial charge in [0.1, 0.15) is 0 Å². The van der Waals surface area contributed by atoms with Gasteiger partial charge < -0.3 is 4.57 Å². The van der Waals surface area contributed by atoms with Gasteiger partial charge in [-0.25, -0.2) is 15.0 Å². The Labute approximate surface area is 370 Å². The highest BCUT2D eigenvalue weighted by molar-refractivity contribution is 7.19. The highest BCUT2D eigenvalue weighted by Crippen LogP contribution is 2.40. The molecule has 3 heterocycles. The van der Waals surface area contributed by atoms with Crippen molar-refractivity contribution in [3.63, 3.8) is 0 Å². The van der Waals surface area contributed by atoms with Crippen molar-refractivity contribution in [3.05, 3.63) is 230 Å². The van der Waals surface area contributed by atoms with Crippen LogP contribution in [0, 0.1) is 11.3 Å². The summed E-state index contributed by atoms with van der Waals surface area (Å²) in [5, 5.41) is 23.5. The molecule has 0 saturated carbocycles. The minimum Gasteiger partial charge on any atom is -0.309 e. The van der Waals surface area contributed by atoms with Crippen molar-refractivity contribution < 1.29 is 0 Å². The molecule has 0 aliphatic rings. The minimum atomic E-state index is -2.74. The van der Waals surface area contributed by atoms with E-state index in [0.29, 0.717) is 22.7 Å². The highest BCUT2D eigenvalue weighted by atomic mass is 28.3. The van der Waals surface area contributed by atoms with Gasteiger partial charge in [0.2, 0.25) is 0 Å². The zero-order valence-corrected chi connectivity index (χ0v) is 35.6. The predicted molar refractivity (Wildman–Crippen MR) is 267 cm³/mol. The number of hydrogen-bond donors (Lipinski definition) is 0. The molecule has 3 aromatic heterocycles. The Hall–Kier alpha value is -8.50. The number of hydrogen-bond acceptors (Lipinski definition) is 4. The van der Waals surface area contributed by atoms with E-state index < -0.39 is 8.07 Å². The van der Waals surface area contributed by atoms with E-state index in [9.17, 15) is 5.26 Å². The zero-order valence-electron chi connectivity index (χ0n) is 34.6. The number of nitriles is 1. The lowest BCUT2D eigenvalue weighted by molar-refractivity contribution is 1.18. The van der Waals surface area contributed by atoms with Gasteiger partial charge >= 0.3 is 0 Å². The number of nitrogens with zero attached hydrogens (tertiary/aromatic N) is 5. The fraction of sp³-hybridized carbons (Fsp3) is 0. The van der Waals surface area contributed by atoms with Gasteiger partial charge in [0.05, 0.1) is 22.7 Å². The maximum absolute atomic E-state index is 10.1. The van der Waals surface area contributed by atoms with Crippen LogP contribution in [0.3, 0.4) is 0 Å². The van der Waals surface area contributed by atoms with Gasteiger partial charge in [-0.2, -0.15) is 5.26 Å². The molecule has 6 heteroatoms. The van der Waals surface area contributed by atoms with Gasteiger partial charge in [0, 0.05) is 38.2 Å². The van der Waals surface area contributed by atoms with Crippen molar-refractivity contribution in [3.8, 4) is 23.1 Å². The number of benzene rings is 9. The number of rotatable bonds is 6. The molecular weight excluding hydrogens is 795 g/mol. The third-order valence-corrected chi connectivity index (χ3v) is 17.6. The maximum Gasteiger partial charge on any atom is 0.179 e. The van der Waals surface area contributed by atoms with Crippen LogP contribution < -0.4 is 20.7 Å². The quantitative estimate of drug-likeness (QED) is 0.124.